The van der Waals surface area contributed by atoms with Crippen molar-refractivity contribution in [2.45, 2.75) is 0 Å². The van der Waals surface area contributed by atoms with Gasteiger partial charge in [-0.3, -0.25) is 25.0 Å². The van der Waals surface area contributed by atoms with Gasteiger partial charge in [-0.2, -0.15) is 0 Å². The van der Waals surface area contributed by atoms with Gasteiger partial charge in [0.25, 0.3) is 17.3 Å². The number of hydrogen-bond acceptors (Lipinski definition) is 8. The summed E-state index contributed by atoms with van der Waals surface area (Å²) in [5.74, 6) is 0.0288. The van der Waals surface area contributed by atoms with E-state index in [-0.39, 0.29) is 5.56 Å². The quantitative estimate of drug-likeness (QED) is 0.588. The average molecular weight is 358 g/mol. The van der Waals surface area contributed by atoms with Crippen LogP contribution in [0.3, 0.4) is 0 Å². The molecule has 0 aliphatic carbocycles. The van der Waals surface area contributed by atoms with Crippen LogP contribution in [0.2, 0.25) is 0 Å². The number of benzene rings is 1. The molecule has 0 spiro atoms. The lowest BCUT2D eigenvalue weighted by atomic mass is 10.1. The summed E-state index contributed by atoms with van der Waals surface area (Å²) in [7, 11) is 0. The van der Waals surface area contributed by atoms with Gasteiger partial charge in [0.1, 0.15) is 5.56 Å². The van der Waals surface area contributed by atoms with Crippen molar-refractivity contribution in [3.05, 3.63) is 62.5 Å². The van der Waals surface area contributed by atoms with Crippen LogP contribution in [0.5, 0.6) is 0 Å². The molecule has 1 aromatic carbocycles. The van der Waals surface area contributed by atoms with Crippen LogP contribution in [0.15, 0.2) is 36.7 Å². The fourth-order valence-electron chi connectivity index (χ4n) is 2.70. The Balaban J connectivity index is 1.76. The molecular weight excluding hydrogens is 344 g/mol. The SMILES string of the molecule is O=C(c1ccc([N+](=O)[O-])cc1[N+](=O)[O-])N1CCN(c2ncccn2)CC1. The third kappa shape index (κ3) is 3.41. The van der Waals surface area contributed by atoms with E-state index in [0.717, 1.165) is 18.2 Å². The maximum atomic E-state index is 12.7. The predicted octanol–water partition coefficient (Wildman–Crippen LogP) is 1.26. The molecule has 2 heterocycles. The summed E-state index contributed by atoms with van der Waals surface area (Å²) in [6.45, 7) is 1.64. The minimum absolute atomic E-state index is 0.162. The molecule has 1 amide bonds. The molecule has 1 fully saturated rings. The van der Waals surface area contributed by atoms with Crippen LogP contribution in [-0.4, -0.2) is 56.8 Å². The highest BCUT2D eigenvalue weighted by atomic mass is 16.6. The summed E-state index contributed by atoms with van der Waals surface area (Å²) in [6.07, 6.45) is 3.25. The van der Waals surface area contributed by atoms with E-state index in [9.17, 15) is 25.0 Å². The molecule has 0 radical (unpaired) electrons. The zero-order chi connectivity index (χ0) is 18.7. The van der Waals surface area contributed by atoms with E-state index in [4.69, 9.17) is 0 Å². The molecule has 0 bridgehead atoms. The molecule has 1 aliphatic heterocycles. The first-order valence-corrected chi connectivity index (χ1v) is 7.71. The van der Waals surface area contributed by atoms with Crippen LogP contribution in [0.1, 0.15) is 10.4 Å². The van der Waals surface area contributed by atoms with Gasteiger partial charge < -0.3 is 9.80 Å². The number of rotatable bonds is 4. The van der Waals surface area contributed by atoms with Gasteiger partial charge in [-0.1, -0.05) is 0 Å². The summed E-state index contributed by atoms with van der Waals surface area (Å²) in [4.78, 5) is 44.8. The van der Waals surface area contributed by atoms with E-state index in [1.807, 2.05) is 4.90 Å². The summed E-state index contributed by atoms with van der Waals surface area (Å²) >= 11 is 0. The van der Waals surface area contributed by atoms with Gasteiger partial charge in [-0.15, -0.1) is 0 Å². The zero-order valence-electron chi connectivity index (χ0n) is 13.5. The highest BCUT2D eigenvalue weighted by molar-refractivity contribution is 5.98. The molecule has 0 saturated carbocycles. The van der Waals surface area contributed by atoms with Gasteiger partial charge >= 0.3 is 0 Å². The molecule has 0 atom stereocenters. The van der Waals surface area contributed by atoms with Gasteiger partial charge in [0, 0.05) is 44.6 Å². The monoisotopic (exact) mass is 358 g/mol. The first-order valence-electron chi connectivity index (χ1n) is 7.71. The third-order valence-corrected chi connectivity index (χ3v) is 4.02. The molecule has 11 nitrogen and oxygen atoms in total. The summed E-state index contributed by atoms with van der Waals surface area (Å²) in [5, 5.41) is 22.0. The van der Waals surface area contributed by atoms with E-state index >= 15 is 0 Å². The van der Waals surface area contributed by atoms with Crippen molar-refractivity contribution < 1.29 is 14.6 Å². The normalized spacial score (nSPS) is 14.2. The lowest BCUT2D eigenvalue weighted by molar-refractivity contribution is -0.394. The first-order chi connectivity index (χ1) is 12.5. The molecule has 1 aliphatic rings. The van der Waals surface area contributed by atoms with Crippen LogP contribution >= 0.6 is 0 Å². The molecule has 2 aromatic rings. The number of non-ortho nitro benzene ring substituents is 1. The largest absolute Gasteiger partial charge is 0.337 e. The molecular formula is C15H14N6O5. The molecule has 134 valence electrons. The lowest BCUT2D eigenvalue weighted by Crippen LogP contribution is -2.49. The number of nitro benzene ring substituents is 2. The molecule has 0 unspecified atom stereocenters. The third-order valence-electron chi connectivity index (χ3n) is 4.02. The molecule has 1 saturated heterocycles. The highest BCUT2D eigenvalue weighted by Gasteiger charge is 2.29. The van der Waals surface area contributed by atoms with E-state index in [0.29, 0.717) is 32.1 Å². The minimum atomic E-state index is -0.783. The van der Waals surface area contributed by atoms with Gasteiger partial charge in [0.15, 0.2) is 0 Å². The topological polar surface area (TPSA) is 136 Å². The Bertz CT molecular complexity index is 851. The van der Waals surface area contributed by atoms with Gasteiger partial charge in [-0.05, 0) is 12.1 Å². The zero-order valence-corrected chi connectivity index (χ0v) is 13.5. The van der Waals surface area contributed by atoms with Crippen molar-refractivity contribution in [1.29, 1.82) is 0 Å². The molecule has 0 N–H and O–H groups in total. The van der Waals surface area contributed by atoms with Gasteiger partial charge in [0.05, 0.1) is 15.9 Å². The van der Waals surface area contributed by atoms with Crippen molar-refractivity contribution in [2.24, 2.45) is 0 Å². The first kappa shape index (κ1) is 17.2. The Morgan fingerprint density at radius 2 is 1.65 bits per heavy atom. The Morgan fingerprint density at radius 3 is 2.23 bits per heavy atom. The number of nitro groups is 2. The Kier molecular flexibility index (Phi) is 4.69. The van der Waals surface area contributed by atoms with E-state index in [1.54, 1.807) is 18.5 Å². The van der Waals surface area contributed by atoms with E-state index in [1.165, 1.54) is 4.90 Å². The Labute approximate surface area is 147 Å². The second-order valence-electron chi connectivity index (χ2n) is 5.54. The van der Waals surface area contributed by atoms with Crippen molar-refractivity contribution in [2.75, 3.05) is 31.1 Å². The Morgan fingerprint density at radius 1 is 1.00 bits per heavy atom. The van der Waals surface area contributed by atoms with Crippen LogP contribution < -0.4 is 4.90 Å². The second-order valence-corrected chi connectivity index (χ2v) is 5.54. The average Bonchev–Trinajstić information content (AvgIpc) is 2.67. The van der Waals surface area contributed by atoms with Crippen LogP contribution in [0.4, 0.5) is 17.3 Å². The number of amides is 1. The van der Waals surface area contributed by atoms with Crippen molar-refractivity contribution in [1.82, 2.24) is 14.9 Å². The summed E-state index contributed by atoms with van der Waals surface area (Å²) < 4.78 is 0. The molecule has 1 aromatic heterocycles. The number of anilines is 1. The lowest BCUT2D eigenvalue weighted by Gasteiger charge is -2.34. The summed E-state index contributed by atoms with van der Waals surface area (Å²) in [6, 6.07) is 4.73. The molecule has 26 heavy (non-hydrogen) atoms. The fraction of sp³-hybridized carbons (Fsp3) is 0.267. The van der Waals surface area contributed by atoms with Crippen molar-refractivity contribution in [3.63, 3.8) is 0 Å². The summed E-state index contributed by atoms with van der Waals surface area (Å²) in [5.41, 5.74) is -1.16. The number of carbonyl (C=O) groups excluding carboxylic acids is 1. The number of nitrogens with zero attached hydrogens (tertiary/aromatic N) is 6. The number of hydrogen-bond donors (Lipinski definition) is 0. The van der Waals surface area contributed by atoms with Gasteiger partial charge in [0.2, 0.25) is 5.95 Å². The Hall–Kier alpha value is -3.63. The van der Waals surface area contributed by atoms with Crippen LogP contribution in [-0.2, 0) is 0 Å². The maximum Gasteiger partial charge on any atom is 0.289 e. The predicted molar refractivity (Wildman–Crippen MR) is 89.9 cm³/mol. The van der Waals surface area contributed by atoms with Crippen LogP contribution in [0.25, 0.3) is 0 Å². The van der Waals surface area contributed by atoms with E-state index in [2.05, 4.69) is 9.97 Å². The molecule has 3 rings (SSSR count). The standard InChI is InChI=1S/C15H14N6O5/c22-14(12-3-2-11(20(23)24)10-13(12)21(25)26)18-6-8-19(9-7-18)15-16-4-1-5-17-15/h1-5,10H,6-9H2. The number of aromatic nitrogens is 2. The highest BCUT2D eigenvalue weighted by Crippen LogP contribution is 2.26. The smallest absolute Gasteiger partial charge is 0.289 e. The van der Waals surface area contributed by atoms with E-state index < -0.39 is 27.1 Å². The van der Waals surface area contributed by atoms with Crippen molar-refractivity contribution >= 4 is 23.2 Å². The number of piperazine rings is 1. The van der Waals surface area contributed by atoms with Crippen molar-refractivity contribution in [3.8, 4) is 0 Å². The maximum absolute atomic E-state index is 12.7. The second kappa shape index (κ2) is 7.09. The minimum Gasteiger partial charge on any atom is -0.337 e. The van der Waals surface area contributed by atoms with Crippen LogP contribution in [0, 0.1) is 20.2 Å². The molecule has 11 heteroatoms. The fourth-order valence-corrected chi connectivity index (χ4v) is 2.70. The number of carbonyl (C=O) groups is 1. The van der Waals surface area contributed by atoms with Gasteiger partial charge in [-0.25, -0.2) is 9.97 Å².